The van der Waals surface area contributed by atoms with Crippen LogP contribution in [0.25, 0.3) is 0 Å². The number of anilines is 1. The van der Waals surface area contributed by atoms with E-state index in [4.69, 9.17) is 15.2 Å². The molecule has 1 aromatic carbocycles. The zero-order chi connectivity index (χ0) is 12.7. The maximum Gasteiger partial charge on any atom is 0.257 e. The van der Waals surface area contributed by atoms with Gasteiger partial charge in [-0.25, -0.2) is 4.39 Å². The summed E-state index contributed by atoms with van der Waals surface area (Å²) in [6.45, 7) is 1.06. The smallest absolute Gasteiger partial charge is 0.257 e. The highest BCUT2D eigenvalue weighted by Gasteiger charge is 2.34. The minimum Gasteiger partial charge on any atom is -0.485 e. The zero-order valence-electron chi connectivity index (χ0n) is 9.69. The Kier molecular flexibility index (Phi) is 2.50. The Morgan fingerprint density at radius 1 is 1.28 bits per heavy atom. The van der Waals surface area contributed by atoms with Gasteiger partial charge >= 0.3 is 0 Å². The first kappa shape index (κ1) is 11.1. The Morgan fingerprint density at radius 3 is 2.61 bits per heavy atom. The van der Waals surface area contributed by atoms with Gasteiger partial charge in [0.15, 0.2) is 11.5 Å². The van der Waals surface area contributed by atoms with Crippen LogP contribution in [0, 0.1) is 0 Å². The lowest BCUT2D eigenvalue weighted by Crippen LogP contribution is -2.51. The first-order valence-electron chi connectivity index (χ1n) is 5.78. The molecular formula is C12H13FN2O3. The van der Waals surface area contributed by atoms with E-state index in [0.29, 0.717) is 36.0 Å². The van der Waals surface area contributed by atoms with Crippen LogP contribution in [0.5, 0.6) is 11.5 Å². The van der Waals surface area contributed by atoms with E-state index in [2.05, 4.69) is 0 Å². The van der Waals surface area contributed by atoms with Crippen molar-refractivity contribution in [3.05, 3.63) is 17.7 Å². The lowest BCUT2D eigenvalue weighted by molar-refractivity contribution is 0.0393. The summed E-state index contributed by atoms with van der Waals surface area (Å²) in [5, 5.41) is 0. The molecule has 1 saturated heterocycles. The van der Waals surface area contributed by atoms with Crippen molar-refractivity contribution >= 4 is 11.6 Å². The van der Waals surface area contributed by atoms with Crippen LogP contribution in [-0.4, -0.2) is 43.3 Å². The Bertz CT molecular complexity index is 500. The highest BCUT2D eigenvalue weighted by Crippen LogP contribution is 2.39. The average Bonchev–Trinajstić information content (AvgIpc) is 2.35. The minimum atomic E-state index is -0.921. The van der Waals surface area contributed by atoms with Gasteiger partial charge in [0.2, 0.25) is 0 Å². The van der Waals surface area contributed by atoms with Crippen LogP contribution in [-0.2, 0) is 0 Å². The first-order chi connectivity index (χ1) is 8.66. The largest absolute Gasteiger partial charge is 0.485 e. The van der Waals surface area contributed by atoms with Crippen molar-refractivity contribution in [3.63, 3.8) is 0 Å². The normalized spacial score (nSPS) is 18.4. The predicted octanol–water partition coefficient (Wildman–Crippen LogP) is 0.834. The molecule has 0 spiro atoms. The standard InChI is InChI=1S/C12H13FN2O3/c13-7-5-15(6-7)12(16)8-1-2-9(14)11-10(8)17-3-4-18-11/h1-2,7H,3-6,14H2. The molecule has 18 heavy (non-hydrogen) atoms. The van der Waals surface area contributed by atoms with Crippen LogP contribution in [0.2, 0.25) is 0 Å². The van der Waals surface area contributed by atoms with E-state index in [1.54, 1.807) is 12.1 Å². The second-order valence-corrected chi connectivity index (χ2v) is 4.36. The summed E-state index contributed by atoms with van der Waals surface area (Å²) in [6, 6.07) is 3.20. The molecular weight excluding hydrogens is 239 g/mol. The van der Waals surface area contributed by atoms with Crippen LogP contribution < -0.4 is 15.2 Å². The molecule has 2 N–H and O–H groups in total. The van der Waals surface area contributed by atoms with Crippen LogP contribution in [0.3, 0.4) is 0 Å². The van der Waals surface area contributed by atoms with Gasteiger partial charge in [-0.3, -0.25) is 4.79 Å². The van der Waals surface area contributed by atoms with E-state index >= 15 is 0 Å². The number of alkyl halides is 1. The van der Waals surface area contributed by atoms with Crippen molar-refractivity contribution in [1.82, 2.24) is 4.90 Å². The van der Waals surface area contributed by atoms with Crippen molar-refractivity contribution in [2.45, 2.75) is 6.17 Å². The van der Waals surface area contributed by atoms with Gasteiger partial charge in [0.05, 0.1) is 24.3 Å². The average molecular weight is 252 g/mol. The third-order valence-corrected chi connectivity index (χ3v) is 3.07. The molecule has 0 aliphatic carbocycles. The van der Waals surface area contributed by atoms with Crippen molar-refractivity contribution < 1.29 is 18.7 Å². The molecule has 0 unspecified atom stereocenters. The maximum atomic E-state index is 12.8. The number of nitrogens with zero attached hydrogens (tertiary/aromatic N) is 1. The second kappa shape index (κ2) is 4.04. The monoisotopic (exact) mass is 252 g/mol. The van der Waals surface area contributed by atoms with E-state index in [0.717, 1.165) is 0 Å². The molecule has 1 aromatic rings. The number of nitrogens with two attached hydrogens (primary N) is 1. The van der Waals surface area contributed by atoms with Gasteiger partial charge in [0.25, 0.3) is 5.91 Å². The lowest BCUT2D eigenvalue weighted by atomic mass is 10.1. The van der Waals surface area contributed by atoms with Gasteiger partial charge < -0.3 is 20.1 Å². The molecule has 5 nitrogen and oxygen atoms in total. The number of carbonyl (C=O) groups is 1. The summed E-state index contributed by atoms with van der Waals surface area (Å²) in [6.07, 6.45) is -0.921. The molecule has 0 aromatic heterocycles. The number of likely N-dealkylation sites (tertiary alicyclic amines) is 1. The highest BCUT2D eigenvalue weighted by atomic mass is 19.1. The highest BCUT2D eigenvalue weighted by molar-refractivity contribution is 5.99. The van der Waals surface area contributed by atoms with E-state index in [9.17, 15) is 9.18 Å². The molecule has 1 fully saturated rings. The number of amides is 1. The Hall–Kier alpha value is -1.98. The van der Waals surface area contributed by atoms with Gasteiger partial charge in [-0.2, -0.15) is 0 Å². The molecule has 2 heterocycles. The first-order valence-corrected chi connectivity index (χ1v) is 5.78. The van der Waals surface area contributed by atoms with Crippen molar-refractivity contribution in [3.8, 4) is 11.5 Å². The number of hydrogen-bond acceptors (Lipinski definition) is 4. The van der Waals surface area contributed by atoms with Gasteiger partial charge in [0, 0.05) is 0 Å². The number of carbonyl (C=O) groups excluding carboxylic acids is 1. The third kappa shape index (κ3) is 1.64. The third-order valence-electron chi connectivity index (χ3n) is 3.07. The summed E-state index contributed by atoms with van der Waals surface area (Å²) < 4.78 is 23.6. The fourth-order valence-corrected chi connectivity index (χ4v) is 2.09. The van der Waals surface area contributed by atoms with Crippen LogP contribution in [0.1, 0.15) is 10.4 Å². The molecule has 0 bridgehead atoms. The molecule has 1 amide bonds. The number of rotatable bonds is 1. The molecule has 6 heteroatoms. The molecule has 3 rings (SSSR count). The van der Waals surface area contributed by atoms with E-state index in [-0.39, 0.29) is 19.0 Å². The number of hydrogen-bond donors (Lipinski definition) is 1. The Labute approximate surface area is 103 Å². The summed E-state index contributed by atoms with van der Waals surface area (Å²) in [5.74, 6) is 0.531. The van der Waals surface area contributed by atoms with E-state index in [1.807, 2.05) is 0 Å². The fraction of sp³-hybridized carbons (Fsp3) is 0.417. The quantitative estimate of drug-likeness (QED) is 0.752. The minimum absolute atomic E-state index is 0.138. The number of halogens is 1. The van der Waals surface area contributed by atoms with Gasteiger partial charge in [-0.15, -0.1) is 0 Å². The van der Waals surface area contributed by atoms with Crippen LogP contribution >= 0.6 is 0 Å². The molecule has 2 aliphatic rings. The van der Waals surface area contributed by atoms with Crippen LogP contribution in [0.15, 0.2) is 12.1 Å². The van der Waals surface area contributed by atoms with Gasteiger partial charge in [-0.1, -0.05) is 0 Å². The molecule has 0 atom stereocenters. The van der Waals surface area contributed by atoms with E-state index in [1.165, 1.54) is 4.90 Å². The Morgan fingerprint density at radius 2 is 1.94 bits per heavy atom. The molecule has 2 aliphatic heterocycles. The molecule has 96 valence electrons. The van der Waals surface area contributed by atoms with Gasteiger partial charge in [0.1, 0.15) is 19.4 Å². The second-order valence-electron chi connectivity index (χ2n) is 4.36. The molecule has 0 saturated carbocycles. The van der Waals surface area contributed by atoms with Gasteiger partial charge in [-0.05, 0) is 12.1 Å². The SMILES string of the molecule is Nc1ccc(C(=O)N2CC(F)C2)c2c1OCCO2. The Balaban J connectivity index is 1.94. The number of benzene rings is 1. The number of ether oxygens (including phenoxy) is 2. The zero-order valence-corrected chi connectivity index (χ0v) is 9.69. The summed E-state index contributed by atoms with van der Waals surface area (Å²) in [7, 11) is 0. The predicted molar refractivity (Wildman–Crippen MR) is 62.6 cm³/mol. The summed E-state index contributed by atoms with van der Waals surface area (Å²) >= 11 is 0. The maximum absolute atomic E-state index is 12.8. The van der Waals surface area contributed by atoms with Crippen molar-refractivity contribution in [2.75, 3.05) is 32.0 Å². The van der Waals surface area contributed by atoms with E-state index < -0.39 is 6.17 Å². The lowest BCUT2D eigenvalue weighted by Gasteiger charge is -2.35. The van der Waals surface area contributed by atoms with Crippen molar-refractivity contribution in [2.24, 2.45) is 0 Å². The summed E-state index contributed by atoms with van der Waals surface area (Å²) in [4.78, 5) is 13.6. The number of nitrogen functional groups attached to an aromatic ring is 1. The topological polar surface area (TPSA) is 64.8 Å². The number of fused-ring (bicyclic) bond motifs is 1. The van der Waals surface area contributed by atoms with Crippen molar-refractivity contribution in [1.29, 1.82) is 0 Å². The fourth-order valence-electron chi connectivity index (χ4n) is 2.09. The molecule has 0 radical (unpaired) electrons. The van der Waals surface area contributed by atoms with Crippen LogP contribution in [0.4, 0.5) is 10.1 Å². The summed E-state index contributed by atoms with van der Waals surface area (Å²) in [5.41, 5.74) is 6.58.